The molecule has 170 valence electrons. The van der Waals surface area contributed by atoms with Crippen LogP contribution in [0.25, 0.3) is 10.2 Å². The van der Waals surface area contributed by atoms with E-state index in [1.807, 2.05) is 0 Å². The molecule has 7 nitrogen and oxygen atoms in total. The van der Waals surface area contributed by atoms with Gasteiger partial charge in [-0.15, -0.1) is 0 Å². The summed E-state index contributed by atoms with van der Waals surface area (Å²) in [5, 5.41) is 1.18. The minimum Gasteiger partial charge on any atom is -0.379 e. The summed E-state index contributed by atoms with van der Waals surface area (Å²) in [6.45, 7) is 3.92. The zero-order valence-electron chi connectivity index (χ0n) is 17.3. The van der Waals surface area contributed by atoms with Crippen molar-refractivity contribution in [2.45, 2.75) is 4.90 Å². The van der Waals surface area contributed by atoms with Crippen molar-refractivity contribution in [2.24, 2.45) is 0 Å². The van der Waals surface area contributed by atoms with E-state index in [0.29, 0.717) is 51.7 Å². The van der Waals surface area contributed by atoms with Crippen molar-refractivity contribution in [3.63, 3.8) is 0 Å². The van der Waals surface area contributed by atoms with Gasteiger partial charge in [-0.05, 0) is 36.4 Å². The van der Waals surface area contributed by atoms with Gasteiger partial charge in [0.15, 0.2) is 15.0 Å². The molecule has 1 aliphatic rings. The predicted octanol–water partition coefficient (Wildman–Crippen LogP) is 3.99. The zero-order valence-corrected chi connectivity index (χ0v) is 20.4. The minimum absolute atomic E-state index is 0.212. The van der Waals surface area contributed by atoms with Gasteiger partial charge in [-0.2, -0.15) is 0 Å². The molecule has 1 aliphatic heterocycles. The SMILES string of the molecule is CS(=O)(=O)c1ccc2nc(N(CCN3CCOCC3)C(=O)c3cc(Cl)ccc3Cl)sc2c1. The maximum atomic E-state index is 13.5. The van der Waals surface area contributed by atoms with Crippen LogP contribution in [0.2, 0.25) is 10.0 Å². The van der Waals surface area contributed by atoms with Crippen molar-refractivity contribution < 1.29 is 17.9 Å². The molecule has 0 atom stereocenters. The molecule has 1 fully saturated rings. The van der Waals surface area contributed by atoms with Crippen LogP contribution in [0.4, 0.5) is 5.13 Å². The topological polar surface area (TPSA) is 79.8 Å². The van der Waals surface area contributed by atoms with Gasteiger partial charge in [-0.3, -0.25) is 14.6 Å². The molecule has 4 rings (SSSR count). The zero-order chi connectivity index (χ0) is 22.9. The van der Waals surface area contributed by atoms with E-state index in [1.54, 1.807) is 35.2 Å². The van der Waals surface area contributed by atoms with Crippen LogP contribution in [0, 0.1) is 0 Å². The molecule has 1 saturated heterocycles. The standard InChI is InChI=1S/C21H21Cl2N3O4S2/c1-32(28,29)15-3-5-18-19(13-15)31-21(24-18)26(7-6-25-8-10-30-11-9-25)20(27)16-12-14(22)2-4-17(16)23/h2-5,12-13H,6-11H2,1H3. The highest BCUT2D eigenvalue weighted by atomic mass is 35.5. The van der Waals surface area contributed by atoms with E-state index in [2.05, 4.69) is 9.88 Å². The fraction of sp³-hybridized carbons (Fsp3) is 0.333. The summed E-state index contributed by atoms with van der Waals surface area (Å²) >= 11 is 13.7. The number of hydrogen-bond acceptors (Lipinski definition) is 7. The molecule has 2 aromatic carbocycles. The molecule has 0 unspecified atom stereocenters. The van der Waals surface area contributed by atoms with Crippen LogP contribution in [0.5, 0.6) is 0 Å². The lowest BCUT2D eigenvalue weighted by molar-refractivity contribution is 0.0391. The Hall–Kier alpha value is -1.75. The Morgan fingerprint density at radius 2 is 1.94 bits per heavy atom. The highest BCUT2D eigenvalue weighted by molar-refractivity contribution is 7.90. The van der Waals surface area contributed by atoms with Crippen molar-refractivity contribution in [1.82, 2.24) is 9.88 Å². The molecular weight excluding hydrogens is 493 g/mol. The van der Waals surface area contributed by atoms with Gasteiger partial charge in [0.25, 0.3) is 5.91 Å². The molecule has 0 saturated carbocycles. The molecule has 1 amide bonds. The molecule has 32 heavy (non-hydrogen) atoms. The van der Waals surface area contributed by atoms with Gasteiger partial charge < -0.3 is 4.74 Å². The second-order valence-electron chi connectivity index (χ2n) is 7.43. The van der Waals surface area contributed by atoms with Gasteiger partial charge in [0.05, 0.1) is 38.9 Å². The van der Waals surface area contributed by atoms with Gasteiger partial charge in [-0.1, -0.05) is 34.5 Å². The molecule has 0 spiro atoms. The van der Waals surface area contributed by atoms with E-state index in [9.17, 15) is 13.2 Å². The van der Waals surface area contributed by atoms with Crippen LogP contribution in [0.3, 0.4) is 0 Å². The molecule has 0 aliphatic carbocycles. The third kappa shape index (κ3) is 5.24. The number of carbonyl (C=O) groups excluding carboxylic acids is 1. The Labute approximate surface area is 200 Å². The lowest BCUT2D eigenvalue weighted by atomic mass is 10.2. The average molecular weight is 514 g/mol. The number of carbonyl (C=O) groups is 1. The van der Waals surface area contributed by atoms with Gasteiger partial charge in [-0.25, -0.2) is 13.4 Å². The summed E-state index contributed by atoms with van der Waals surface area (Å²) in [4.78, 5) is 22.1. The number of fused-ring (bicyclic) bond motifs is 1. The van der Waals surface area contributed by atoms with Crippen molar-refractivity contribution in [3.8, 4) is 0 Å². The number of morpholine rings is 1. The number of rotatable bonds is 6. The highest BCUT2D eigenvalue weighted by Gasteiger charge is 2.25. The van der Waals surface area contributed by atoms with Crippen molar-refractivity contribution in [3.05, 3.63) is 52.0 Å². The van der Waals surface area contributed by atoms with E-state index in [-0.39, 0.29) is 16.4 Å². The molecule has 0 radical (unpaired) electrons. The number of sulfone groups is 1. The van der Waals surface area contributed by atoms with E-state index >= 15 is 0 Å². The predicted molar refractivity (Wildman–Crippen MR) is 128 cm³/mol. The van der Waals surface area contributed by atoms with Crippen molar-refractivity contribution >= 4 is 65.6 Å². The third-order valence-electron chi connectivity index (χ3n) is 5.16. The lowest BCUT2D eigenvalue weighted by Gasteiger charge is -2.29. The molecule has 2 heterocycles. The number of aromatic nitrogens is 1. The summed E-state index contributed by atoms with van der Waals surface area (Å²) in [7, 11) is -3.35. The Morgan fingerprint density at radius 1 is 1.19 bits per heavy atom. The maximum absolute atomic E-state index is 13.5. The largest absolute Gasteiger partial charge is 0.379 e. The summed E-state index contributed by atoms with van der Waals surface area (Å²) < 4.78 is 30.0. The van der Waals surface area contributed by atoms with Crippen LogP contribution < -0.4 is 4.90 Å². The summed E-state index contributed by atoms with van der Waals surface area (Å²) in [5.41, 5.74) is 0.913. The summed E-state index contributed by atoms with van der Waals surface area (Å²) in [6, 6.07) is 9.53. The van der Waals surface area contributed by atoms with Crippen molar-refractivity contribution in [2.75, 3.05) is 50.5 Å². The Balaban J connectivity index is 1.70. The van der Waals surface area contributed by atoms with Gasteiger partial charge >= 0.3 is 0 Å². The number of amides is 1. The molecule has 11 heteroatoms. The monoisotopic (exact) mass is 513 g/mol. The van der Waals surface area contributed by atoms with Crippen LogP contribution in [0.15, 0.2) is 41.3 Å². The first-order valence-electron chi connectivity index (χ1n) is 9.90. The van der Waals surface area contributed by atoms with Crippen LogP contribution in [-0.2, 0) is 14.6 Å². The number of hydrogen-bond donors (Lipinski definition) is 0. The number of halogens is 2. The fourth-order valence-electron chi connectivity index (χ4n) is 3.40. The lowest BCUT2D eigenvalue weighted by Crippen LogP contribution is -2.43. The van der Waals surface area contributed by atoms with E-state index in [4.69, 9.17) is 27.9 Å². The number of ether oxygens (including phenoxy) is 1. The Morgan fingerprint density at radius 3 is 2.66 bits per heavy atom. The number of nitrogens with zero attached hydrogens (tertiary/aromatic N) is 3. The molecule has 1 aromatic heterocycles. The summed E-state index contributed by atoms with van der Waals surface area (Å²) in [6.07, 6.45) is 1.16. The second-order valence-corrected chi connectivity index (χ2v) is 11.3. The highest BCUT2D eigenvalue weighted by Crippen LogP contribution is 2.32. The van der Waals surface area contributed by atoms with Gasteiger partial charge in [0.1, 0.15) is 0 Å². The summed E-state index contributed by atoms with van der Waals surface area (Å²) in [5.74, 6) is -0.312. The van der Waals surface area contributed by atoms with E-state index < -0.39 is 9.84 Å². The molecule has 0 N–H and O–H groups in total. The van der Waals surface area contributed by atoms with Crippen LogP contribution >= 0.6 is 34.5 Å². The van der Waals surface area contributed by atoms with E-state index in [0.717, 1.165) is 19.3 Å². The molecule has 3 aromatic rings. The fourth-order valence-corrected chi connectivity index (χ4v) is 5.52. The first-order valence-corrected chi connectivity index (χ1v) is 13.4. The molecular formula is C21H21Cl2N3O4S2. The Bertz CT molecular complexity index is 1260. The maximum Gasteiger partial charge on any atom is 0.261 e. The second kappa shape index (κ2) is 9.62. The van der Waals surface area contributed by atoms with E-state index in [1.165, 1.54) is 17.4 Å². The van der Waals surface area contributed by atoms with Crippen molar-refractivity contribution in [1.29, 1.82) is 0 Å². The first-order chi connectivity index (χ1) is 15.2. The average Bonchev–Trinajstić information content (AvgIpc) is 3.18. The smallest absolute Gasteiger partial charge is 0.261 e. The van der Waals surface area contributed by atoms with Crippen LogP contribution in [-0.4, -0.2) is 69.9 Å². The Kier molecular flexibility index (Phi) is 7.04. The molecule has 0 bridgehead atoms. The number of benzene rings is 2. The number of thiazole rings is 1. The number of anilines is 1. The quantitative estimate of drug-likeness (QED) is 0.495. The van der Waals surface area contributed by atoms with Gasteiger partial charge in [0.2, 0.25) is 0 Å². The minimum atomic E-state index is -3.35. The normalized spacial score (nSPS) is 15.2. The van der Waals surface area contributed by atoms with Gasteiger partial charge in [0, 0.05) is 37.5 Å². The first kappa shape index (κ1) is 23.4. The van der Waals surface area contributed by atoms with Crippen LogP contribution in [0.1, 0.15) is 10.4 Å². The third-order valence-corrected chi connectivity index (χ3v) is 7.87.